The summed E-state index contributed by atoms with van der Waals surface area (Å²) in [6, 6.07) is 3.59. The van der Waals surface area contributed by atoms with E-state index in [2.05, 4.69) is 21.4 Å². The summed E-state index contributed by atoms with van der Waals surface area (Å²) in [6.45, 7) is 0.651. The van der Waals surface area contributed by atoms with Gasteiger partial charge in [-0.1, -0.05) is 11.6 Å². The molecule has 18 heavy (non-hydrogen) atoms. The van der Waals surface area contributed by atoms with E-state index in [1.807, 2.05) is 6.07 Å². The highest BCUT2D eigenvalue weighted by Gasteiger charge is 2.32. The van der Waals surface area contributed by atoms with Crippen LogP contribution in [-0.2, 0) is 4.79 Å². The molecule has 0 saturated carbocycles. The van der Waals surface area contributed by atoms with Gasteiger partial charge in [-0.05, 0) is 23.8 Å². The van der Waals surface area contributed by atoms with Crippen LogP contribution in [0.4, 0.5) is 5.69 Å². The molecule has 4 nitrogen and oxygen atoms in total. The summed E-state index contributed by atoms with van der Waals surface area (Å²) in [7, 11) is 0. The summed E-state index contributed by atoms with van der Waals surface area (Å²) in [5.74, 6) is 1.06. The lowest BCUT2D eigenvalue weighted by molar-refractivity contribution is -0.117. The highest BCUT2D eigenvalue weighted by atomic mass is 35.5. The number of halogens is 1. The number of anilines is 1. The maximum absolute atomic E-state index is 12.1. The monoisotopic (exact) mass is 299 g/mol. The van der Waals surface area contributed by atoms with Gasteiger partial charge in [0.05, 0.1) is 22.4 Å². The Morgan fingerprint density at radius 3 is 3.06 bits per heavy atom. The number of aromatic nitrogens is 2. The van der Waals surface area contributed by atoms with E-state index in [0.29, 0.717) is 34.9 Å². The minimum absolute atomic E-state index is 0.0800. The molecule has 0 radical (unpaired) electrons. The van der Waals surface area contributed by atoms with Gasteiger partial charge in [0.25, 0.3) is 0 Å². The Kier molecular flexibility index (Phi) is 3.17. The molecule has 1 atom stereocenters. The van der Waals surface area contributed by atoms with E-state index in [1.54, 1.807) is 11.0 Å². The summed E-state index contributed by atoms with van der Waals surface area (Å²) < 4.78 is 8.42. The van der Waals surface area contributed by atoms with Gasteiger partial charge in [-0.25, -0.2) is 0 Å². The molecule has 1 saturated heterocycles. The summed E-state index contributed by atoms with van der Waals surface area (Å²) in [5, 5.41) is 0.545. The Bertz CT molecular complexity index is 615. The van der Waals surface area contributed by atoms with Crippen molar-refractivity contribution in [2.24, 2.45) is 5.92 Å². The van der Waals surface area contributed by atoms with E-state index in [0.717, 1.165) is 17.2 Å². The van der Waals surface area contributed by atoms with Crippen molar-refractivity contribution in [1.82, 2.24) is 8.75 Å². The molecule has 94 valence electrons. The Balaban J connectivity index is 2.11. The lowest BCUT2D eigenvalue weighted by atomic mass is 10.1. The van der Waals surface area contributed by atoms with E-state index in [9.17, 15) is 4.79 Å². The van der Waals surface area contributed by atoms with Gasteiger partial charge in [-0.2, -0.15) is 21.4 Å². The molecule has 1 fully saturated rings. The van der Waals surface area contributed by atoms with Crippen molar-refractivity contribution in [2.75, 3.05) is 17.2 Å². The van der Waals surface area contributed by atoms with Gasteiger partial charge < -0.3 is 4.90 Å². The van der Waals surface area contributed by atoms with Crippen molar-refractivity contribution in [3.05, 3.63) is 17.2 Å². The third-order valence-electron chi connectivity index (χ3n) is 3.09. The molecule has 0 bridgehead atoms. The number of hydrogen-bond donors (Lipinski definition) is 1. The lowest BCUT2D eigenvalue weighted by Crippen LogP contribution is -2.25. The molecule has 1 amide bonds. The van der Waals surface area contributed by atoms with Crippen LogP contribution in [0.15, 0.2) is 12.1 Å². The molecule has 0 aliphatic carbocycles. The number of amides is 1. The molecule has 1 unspecified atom stereocenters. The van der Waals surface area contributed by atoms with Gasteiger partial charge in [-0.15, -0.1) is 0 Å². The van der Waals surface area contributed by atoms with Crippen LogP contribution in [0, 0.1) is 5.92 Å². The fourth-order valence-electron chi connectivity index (χ4n) is 2.19. The van der Waals surface area contributed by atoms with Gasteiger partial charge in [0, 0.05) is 13.0 Å². The minimum Gasteiger partial charge on any atom is -0.309 e. The second kappa shape index (κ2) is 4.68. The summed E-state index contributed by atoms with van der Waals surface area (Å²) in [5.41, 5.74) is 2.18. The van der Waals surface area contributed by atoms with E-state index < -0.39 is 0 Å². The van der Waals surface area contributed by atoms with Crippen molar-refractivity contribution < 1.29 is 4.79 Å². The van der Waals surface area contributed by atoms with Crippen LogP contribution in [0.1, 0.15) is 6.42 Å². The predicted octanol–water partition coefficient (Wildman–Crippen LogP) is 2.63. The Morgan fingerprint density at radius 1 is 1.50 bits per heavy atom. The third-order valence-corrected chi connectivity index (χ3v) is 4.45. The van der Waals surface area contributed by atoms with Crippen molar-refractivity contribution >= 4 is 58.6 Å². The number of benzene rings is 1. The molecule has 3 rings (SSSR count). The molecule has 1 aliphatic heterocycles. The van der Waals surface area contributed by atoms with Gasteiger partial charge in [0.15, 0.2) is 0 Å². The van der Waals surface area contributed by atoms with Crippen LogP contribution < -0.4 is 4.90 Å². The number of fused-ring (bicyclic) bond motifs is 1. The molecule has 1 aromatic carbocycles. The number of hydrogen-bond acceptors (Lipinski definition) is 5. The van der Waals surface area contributed by atoms with Crippen LogP contribution in [0.5, 0.6) is 0 Å². The zero-order chi connectivity index (χ0) is 12.7. The standard InChI is InChI=1S/C11H10ClN3OS2/c12-7-1-2-8-10(14-18-13-8)11(7)15-4-6(5-17)3-9(15)16/h1-2,6,17H,3-5H2. The average molecular weight is 300 g/mol. The zero-order valence-electron chi connectivity index (χ0n) is 9.34. The number of rotatable bonds is 2. The molecule has 0 N–H and O–H groups in total. The first kappa shape index (κ1) is 12.2. The largest absolute Gasteiger partial charge is 0.309 e. The average Bonchev–Trinajstić information content (AvgIpc) is 2.96. The first-order chi connectivity index (χ1) is 8.70. The number of nitrogens with zero attached hydrogens (tertiary/aromatic N) is 3. The highest BCUT2D eigenvalue weighted by Crippen LogP contribution is 2.36. The first-order valence-electron chi connectivity index (χ1n) is 5.52. The molecular weight excluding hydrogens is 290 g/mol. The first-order valence-corrected chi connectivity index (χ1v) is 7.26. The van der Waals surface area contributed by atoms with Crippen molar-refractivity contribution in [3.63, 3.8) is 0 Å². The van der Waals surface area contributed by atoms with Gasteiger partial charge in [-0.3, -0.25) is 4.79 Å². The molecule has 1 aromatic heterocycles. The Morgan fingerprint density at radius 2 is 2.33 bits per heavy atom. The van der Waals surface area contributed by atoms with Gasteiger partial charge >= 0.3 is 0 Å². The Labute approximate surface area is 119 Å². The van der Waals surface area contributed by atoms with Crippen LogP contribution in [0.2, 0.25) is 5.02 Å². The van der Waals surface area contributed by atoms with Crippen LogP contribution >= 0.6 is 36.0 Å². The zero-order valence-corrected chi connectivity index (χ0v) is 11.8. The van der Waals surface area contributed by atoms with Crippen molar-refractivity contribution in [3.8, 4) is 0 Å². The predicted molar refractivity (Wildman–Crippen MR) is 76.7 cm³/mol. The molecular formula is C11H10ClN3OS2. The Hall–Kier alpha value is -0.850. The van der Waals surface area contributed by atoms with Crippen LogP contribution in [-0.4, -0.2) is 27.0 Å². The van der Waals surface area contributed by atoms with Gasteiger partial charge in [0.1, 0.15) is 11.0 Å². The number of carbonyl (C=O) groups is 1. The minimum atomic E-state index is 0.0800. The molecule has 7 heteroatoms. The van der Waals surface area contributed by atoms with Crippen molar-refractivity contribution in [1.29, 1.82) is 0 Å². The highest BCUT2D eigenvalue weighted by molar-refractivity contribution is 7.80. The number of carbonyl (C=O) groups excluding carboxylic acids is 1. The summed E-state index contributed by atoms with van der Waals surface area (Å²) in [4.78, 5) is 13.8. The number of thiol groups is 1. The molecule has 0 spiro atoms. The molecule has 1 aliphatic rings. The van der Waals surface area contributed by atoms with Crippen LogP contribution in [0.25, 0.3) is 11.0 Å². The third kappa shape index (κ3) is 1.88. The second-order valence-electron chi connectivity index (χ2n) is 4.29. The lowest BCUT2D eigenvalue weighted by Gasteiger charge is -2.18. The smallest absolute Gasteiger partial charge is 0.227 e. The van der Waals surface area contributed by atoms with Crippen LogP contribution in [0.3, 0.4) is 0 Å². The fourth-order valence-corrected chi connectivity index (χ4v) is 3.23. The van der Waals surface area contributed by atoms with E-state index >= 15 is 0 Å². The SMILES string of the molecule is O=C1CC(CS)CN1c1c(Cl)ccc2nsnc12. The van der Waals surface area contributed by atoms with Crippen molar-refractivity contribution in [2.45, 2.75) is 6.42 Å². The molecule has 2 aromatic rings. The quantitative estimate of drug-likeness (QED) is 0.867. The normalized spacial score (nSPS) is 20.0. The summed E-state index contributed by atoms with van der Waals surface area (Å²) in [6.07, 6.45) is 0.522. The maximum atomic E-state index is 12.1. The maximum Gasteiger partial charge on any atom is 0.227 e. The fraction of sp³-hybridized carbons (Fsp3) is 0.364. The van der Waals surface area contributed by atoms with E-state index in [1.165, 1.54) is 0 Å². The van der Waals surface area contributed by atoms with E-state index in [-0.39, 0.29) is 11.8 Å². The second-order valence-corrected chi connectivity index (χ2v) is 5.59. The van der Waals surface area contributed by atoms with E-state index in [4.69, 9.17) is 11.6 Å². The summed E-state index contributed by atoms with van der Waals surface area (Å²) >= 11 is 11.6. The van der Waals surface area contributed by atoms with Gasteiger partial charge in [0.2, 0.25) is 5.91 Å². The molecule has 2 heterocycles. The topological polar surface area (TPSA) is 46.1 Å².